The molecule has 3 rings (SSSR count). The van der Waals surface area contributed by atoms with Crippen molar-refractivity contribution in [2.75, 3.05) is 5.73 Å². The fraction of sp³-hybridized carbons (Fsp3) is 0.176. The first-order valence-corrected chi connectivity index (χ1v) is 9.12. The molecular formula is C17H17BrN4S. The molecule has 0 saturated carbocycles. The molecule has 0 radical (unpaired) electrons. The van der Waals surface area contributed by atoms with Crippen LogP contribution in [0.15, 0.2) is 58.2 Å². The quantitative estimate of drug-likeness (QED) is 0.512. The predicted molar refractivity (Wildman–Crippen MR) is 99.2 cm³/mol. The number of halogens is 1. The summed E-state index contributed by atoms with van der Waals surface area (Å²) in [7, 11) is 0. The van der Waals surface area contributed by atoms with E-state index in [1.807, 2.05) is 36.4 Å². The maximum atomic E-state index is 5.76. The zero-order valence-electron chi connectivity index (χ0n) is 12.7. The van der Waals surface area contributed by atoms with Gasteiger partial charge in [0.05, 0.1) is 0 Å². The maximum absolute atomic E-state index is 5.76. The minimum absolute atomic E-state index is 0.750. The Morgan fingerprint density at radius 1 is 1.09 bits per heavy atom. The number of aromatic nitrogens is 3. The van der Waals surface area contributed by atoms with Crippen molar-refractivity contribution in [1.82, 2.24) is 14.8 Å². The minimum atomic E-state index is 0.750. The van der Waals surface area contributed by atoms with Crippen LogP contribution in [0.3, 0.4) is 0 Å². The van der Waals surface area contributed by atoms with E-state index in [2.05, 4.69) is 49.8 Å². The highest BCUT2D eigenvalue weighted by molar-refractivity contribution is 9.10. The molecule has 0 spiro atoms. The van der Waals surface area contributed by atoms with Gasteiger partial charge in [-0.2, -0.15) is 0 Å². The van der Waals surface area contributed by atoms with E-state index in [-0.39, 0.29) is 0 Å². The van der Waals surface area contributed by atoms with Gasteiger partial charge >= 0.3 is 0 Å². The van der Waals surface area contributed by atoms with Crippen LogP contribution in [-0.2, 0) is 12.3 Å². The first kappa shape index (κ1) is 16.1. The topological polar surface area (TPSA) is 56.7 Å². The van der Waals surface area contributed by atoms with Crippen molar-refractivity contribution < 1.29 is 0 Å². The van der Waals surface area contributed by atoms with E-state index >= 15 is 0 Å². The summed E-state index contributed by atoms with van der Waals surface area (Å²) < 4.78 is 3.25. The number of anilines is 1. The van der Waals surface area contributed by atoms with Gasteiger partial charge in [-0.25, -0.2) is 0 Å². The number of nitrogens with two attached hydrogens (primary N) is 1. The molecule has 6 heteroatoms. The molecule has 2 aromatic carbocycles. The van der Waals surface area contributed by atoms with Crippen LogP contribution in [0, 0.1) is 0 Å². The lowest BCUT2D eigenvalue weighted by atomic mass is 10.2. The van der Waals surface area contributed by atoms with Gasteiger partial charge in [0.1, 0.15) is 0 Å². The number of thioether (sulfide) groups is 1. The number of nitrogens with zero attached hydrogens (tertiary/aromatic N) is 3. The van der Waals surface area contributed by atoms with E-state index in [4.69, 9.17) is 5.73 Å². The lowest BCUT2D eigenvalue weighted by Crippen LogP contribution is -2.00. The molecule has 1 aromatic heterocycles. The Kier molecular flexibility index (Phi) is 5.03. The van der Waals surface area contributed by atoms with Crippen LogP contribution in [0.4, 0.5) is 5.69 Å². The largest absolute Gasteiger partial charge is 0.399 e. The zero-order valence-corrected chi connectivity index (χ0v) is 15.1. The molecule has 0 bridgehead atoms. The second kappa shape index (κ2) is 7.19. The summed E-state index contributed by atoms with van der Waals surface area (Å²) in [4.78, 5) is 0. The maximum Gasteiger partial charge on any atom is 0.191 e. The Bertz CT molecular complexity index is 799. The first-order valence-electron chi connectivity index (χ1n) is 7.34. The van der Waals surface area contributed by atoms with Crippen molar-refractivity contribution in [1.29, 1.82) is 0 Å². The molecule has 0 aliphatic heterocycles. The molecule has 0 aliphatic rings. The molecule has 0 unspecified atom stereocenters. The molecule has 23 heavy (non-hydrogen) atoms. The molecule has 0 aliphatic carbocycles. The number of nitrogen functional groups attached to an aromatic ring is 1. The summed E-state index contributed by atoms with van der Waals surface area (Å²) in [5, 5.41) is 9.65. The highest BCUT2D eigenvalue weighted by atomic mass is 79.9. The van der Waals surface area contributed by atoms with Crippen LogP contribution in [0.2, 0.25) is 0 Å². The van der Waals surface area contributed by atoms with E-state index < -0.39 is 0 Å². The molecule has 2 N–H and O–H groups in total. The van der Waals surface area contributed by atoms with Gasteiger partial charge in [0.2, 0.25) is 0 Å². The van der Waals surface area contributed by atoms with Crippen LogP contribution in [-0.4, -0.2) is 14.8 Å². The number of hydrogen-bond donors (Lipinski definition) is 1. The summed E-state index contributed by atoms with van der Waals surface area (Å²) in [6, 6.07) is 16.0. The molecule has 0 atom stereocenters. The van der Waals surface area contributed by atoms with Gasteiger partial charge in [0, 0.05) is 28.0 Å². The summed E-state index contributed by atoms with van der Waals surface area (Å²) in [6.07, 6.45) is 0. The Morgan fingerprint density at radius 3 is 2.52 bits per heavy atom. The molecule has 118 valence electrons. The van der Waals surface area contributed by atoms with Crippen LogP contribution in [0.25, 0.3) is 11.4 Å². The summed E-state index contributed by atoms with van der Waals surface area (Å²) >= 11 is 5.28. The lowest BCUT2D eigenvalue weighted by molar-refractivity contribution is 0.687. The van der Waals surface area contributed by atoms with Gasteiger partial charge in [-0.05, 0) is 42.8 Å². The van der Waals surface area contributed by atoms with Gasteiger partial charge in [0.15, 0.2) is 11.0 Å². The van der Waals surface area contributed by atoms with Crippen LogP contribution >= 0.6 is 27.7 Å². The van der Waals surface area contributed by atoms with Crippen molar-refractivity contribution in [3.63, 3.8) is 0 Å². The molecular weight excluding hydrogens is 372 g/mol. The summed E-state index contributed by atoms with van der Waals surface area (Å²) in [5.74, 6) is 1.73. The lowest BCUT2D eigenvalue weighted by Gasteiger charge is -2.08. The van der Waals surface area contributed by atoms with Gasteiger partial charge in [-0.3, -0.25) is 0 Å². The Balaban J connectivity index is 1.84. The second-order valence-electron chi connectivity index (χ2n) is 5.05. The third-order valence-corrected chi connectivity index (χ3v) is 5.31. The molecule has 1 heterocycles. The molecule has 0 fully saturated rings. The second-order valence-corrected chi connectivity index (χ2v) is 6.85. The van der Waals surface area contributed by atoms with Gasteiger partial charge in [0.25, 0.3) is 0 Å². The minimum Gasteiger partial charge on any atom is -0.399 e. The first-order chi connectivity index (χ1) is 11.2. The highest BCUT2D eigenvalue weighted by Crippen LogP contribution is 2.28. The number of hydrogen-bond acceptors (Lipinski definition) is 4. The van der Waals surface area contributed by atoms with E-state index in [0.717, 1.165) is 39.0 Å². The van der Waals surface area contributed by atoms with Crippen molar-refractivity contribution in [3.8, 4) is 11.4 Å². The van der Waals surface area contributed by atoms with Crippen molar-refractivity contribution in [2.24, 2.45) is 0 Å². The predicted octanol–water partition coefficient (Wildman–Crippen LogP) is 4.60. The van der Waals surface area contributed by atoms with Crippen molar-refractivity contribution in [3.05, 3.63) is 58.6 Å². The standard InChI is InChI=1S/C17H17BrN4S/c1-2-22-16(12-7-9-14(19)10-8-12)20-21-17(22)23-11-13-5-3-4-6-15(13)18/h3-10H,2,11,19H2,1H3. The molecule has 0 saturated heterocycles. The number of benzene rings is 2. The van der Waals surface area contributed by atoms with Gasteiger partial charge in [-0.15, -0.1) is 10.2 Å². The number of rotatable bonds is 5. The smallest absolute Gasteiger partial charge is 0.191 e. The van der Waals surface area contributed by atoms with Crippen molar-refractivity contribution >= 4 is 33.4 Å². The third-order valence-electron chi connectivity index (χ3n) is 3.52. The van der Waals surface area contributed by atoms with E-state index in [1.54, 1.807) is 11.8 Å². The van der Waals surface area contributed by atoms with Gasteiger partial charge in [-0.1, -0.05) is 45.9 Å². The molecule has 3 aromatic rings. The average Bonchev–Trinajstić information content (AvgIpc) is 2.97. The normalized spacial score (nSPS) is 10.9. The molecule has 0 amide bonds. The van der Waals surface area contributed by atoms with E-state index in [1.165, 1.54) is 5.56 Å². The van der Waals surface area contributed by atoms with Crippen LogP contribution in [0.5, 0.6) is 0 Å². The van der Waals surface area contributed by atoms with Crippen LogP contribution in [0.1, 0.15) is 12.5 Å². The Morgan fingerprint density at radius 2 is 1.83 bits per heavy atom. The van der Waals surface area contributed by atoms with Crippen molar-refractivity contribution in [2.45, 2.75) is 24.4 Å². The summed E-state index contributed by atoms with van der Waals surface area (Å²) in [6.45, 7) is 2.93. The average molecular weight is 389 g/mol. The summed E-state index contributed by atoms with van der Waals surface area (Å²) in [5.41, 5.74) is 8.78. The Hall–Kier alpha value is -1.79. The highest BCUT2D eigenvalue weighted by Gasteiger charge is 2.13. The van der Waals surface area contributed by atoms with Gasteiger partial charge < -0.3 is 10.3 Å². The zero-order chi connectivity index (χ0) is 16.2. The van der Waals surface area contributed by atoms with Crippen LogP contribution < -0.4 is 5.73 Å². The van der Waals surface area contributed by atoms with E-state index in [0.29, 0.717) is 0 Å². The van der Waals surface area contributed by atoms with E-state index in [9.17, 15) is 0 Å². The molecule has 4 nitrogen and oxygen atoms in total. The third kappa shape index (κ3) is 3.59. The SMILES string of the molecule is CCn1c(SCc2ccccc2Br)nnc1-c1ccc(N)cc1. The monoisotopic (exact) mass is 388 g/mol. The fourth-order valence-electron chi connectivity index (χ4n) is 2.28. The Labute approximate surface area is 148 Å². The fourth-order valence-corrected chi connectivity index (χ4v) is 3.90.